The molecule has 28 heavy (non-hydrogen) atoms. The van der Waals surface area contributed by atoms with Crippen LogP contribution in [0.2, 0.25) is 0 Å². The van der Waals surface area contributed by atoms with Crippen molar-refractivity contribution in [1.82, 2.24) is 0 Å². The van der Waals surface area contributed by atoms with Crippen LogP contribution in [-0.4, -0.2) is 26.9 Å². The molecule has 0 atom stereocenters. The first-order valence-electron chi connectivity index (χ1n) is 9.80. The van der Waals surface area contributed by atoms with Crippen LogP contribution in [0.5, 0.6) is 0 Å². The highest BCUT2D eigenvalue weighted by Gasteiger charge is 2.27. The van der Waals surface area contributed by atoms with Crippen molar-refractivity contribution < 1.29 is 22.7 Å². The van der Waals surface area contributed by atoms with E-state index in [0.717, 1.165) is 25.7 Å². The van der Waals surface area contributed by atoms with Crippen molar-refractivity contribution in [3.63, 3.8) is 0 Å². The largest absolute Gasteiger partial charge is 0.455 e. The number of hydrogen-bond acceptors (Lipinski definition) is 5. The fourth-order valence-electron chi connectivity index (χ4n) is 3.62. The number of amides is 1. The maximum Gasteiger partial charge on any atom is 0.309 e. The van der Waals surface area contributed by atoms with Crippen LogP contribution in [0, 0.1) is 18.8 Å². The SMILES string of the molecule is CCCCC1CCC(C(=O)OCC(=O)Nc2ccc(C)c(S(N)(=O)=O)c2)CC1. The molecule has 8 heteroatoms. The Labute approximate surface area is 167 Å². The van der Waals surface area contributed by atoms with E-state index < -0.39 is 22.5 Å². The Bertz CT molecular complexity index is 799. The first kappa shape index (κ1) is 22.4. The van der Waals surface area contributed by atoms with E-state index in [0.29, 0.717) is 11.5 Å². The number of ether oxygens (including phenoxy) is 1. The van der Waals surface area contributed by atoms with Gasteiger partial charge in [-0.15, -0.1) is 0 Å². The minimum Gasteiger partial charge on any atom is -0.455 e. The summed E-state index contributed by atoms with van der Waals surface area (Å²) in [5, 5.41) is 7.70. The van der Waals surface area contributed by atoms with Gasteiger partial charge in [0, 0.05) is 5.69 Å². The zero-order chi connectivity index (χ0) is 20.7. The minimum absolute atomic E-state index is 0.0536. The van der Waals surface area contributed by atoms with E-state index >= 15 is 0 Å². The van der Waals surface area contributed by atoms with Crippen LogP contribution < -0.4 is 10.5 Å². The number of hydrogen-bond donors (Lipinski definition) is 2. The number of esters is 1. The molecule has 156 valence electrons. The van der Waals surface area contributed by atoms with Gasteiger partial charge in [-0.2, -0.15) is 0 Å². The van der Waals surface area contributed by atoms with E-state index in [4.69, 9.17) is 9.88 Å². The lowest BCUT2D eigenvalue weighted by molar-refractivity contribution is -0.152. The highest BCUT2D eigenvalue weighted by Crippen LogP contribution is 2.32. The summed E-state index contributed by atoms with van der Waals surface area (Å²) in [5.41, 5.74) is 0.772. The van der Waals surface area contributed by atoms with Gasteiger partial charge in [-0.05, 0) is 56.2 Å². The van der Waals surface area contributed by atoms with Gasteiger partial charge in [0.05, 0.1) is 10.8 Å². The number of sulfonamides is 1. The van der Waals surface area contributed by atoms with Gasteiger partial charge in [0.15, 0.2) is 6.61 Å². The van der Waals surface area contributed by atoms with Crippen molar-refractivity contribution in [2.75, 3.05) is 11.9 Å². The highest BCUT2D eigenvalue weighted by molar-refractivity contribution is 7.89. The fraction of sp³-hybridized carbons (Fsp3) is 0.600. The first-order chi connectivity index (χ1) is 13.2. The zero-order valence-corrected chi connectivity index (χ0v) is 17.4. The molecule has 1 saturated carbocycles. The predicted octanol–water partition coefficient (Wildman–Crippen LogP) is 3.12. The van der Waals surface area contributed by atoms with Crippen molar-refractivity contribution in [2.24, 2.45) is 17.0 Å². The van der Waals surface area contributed by atoms with E-state index in [1.54, 1.807) is 19.1 Å². The molecule has 1 amide bonds. The molecule has 1 aromatic carbocycles. The molecular weight excluding hydrogens is 380 g/mol. The third-order valence-corrected chi connectivity index (χ3v) is 6.32. The number of carbonyl (C=O) groups excluding carboxylic acids is 2. The van der Waals surface area contributed by atoms with Crippen molar-refractivity contribution in [2.45, 2.75) is 63.7 Å². The number of aryl methyl sites for hydroxylation is 1. The van der Waals surface area contributed by atoms with Gasteiger partial charge in [0.1, 0.15) is 0 Å². The molecule has 0 heterocycles. The number of carbonyl (C=O) groups is 2. The smallest absolute Gasteiger partial charge is 0.309 e. The van der Waals surface area contributed by atoms with Crippen molar-refractivity contribution in [1.29, 1.82) is 0 Å². The average molecular weight is 411 g/mol. The van der Waals surface area contributed by atoms with E-state index in [2.05, 4.69) is 12.2 Å². The summed E-state index contributed by atoms with van der Waals surface area (Å²) in [6.07, 6.45) is 7.33. The summed E-state index contributed by atoms with van der Waals surface area (Å²) >= 11 is 0. The molecule has 2 rings (SSSR count). The minimum atomic E-state index is -3.88. The van der Waals surface area contributed by atoms with E-state index in [9.17, 15) is 18.0 Å². The monoisotopic (exact) mass is 410 g/mol. The molecule has 1 aliphatic rings. The van der Waals surface area contributed by atoms with Gasteiger partial charge < -0.3 is 10.1 Å². The van der Waals surface area contributed by atoms with Crippen LogP contribution in [0.3, 0.4) is 0 Å². The number of benzene rings is 1. The second-order valence-corrected chi connectivity index (χ2v) is 9.07. The molecule has 0 aromatic heterocycles. The molecule has 0 unspecified atom stereocenters. The van der Waals surface area contributed by atoms with Crippen LogP contribution in [-0.2, 0) is 24.3 Å². The molecule has 0 radical (unpaired) electrons. The molecule has 0 saturated heterocycles. The van der Waals surface area contributed by atoms with Gasteiger partial charge >= 0.3 is 5.97 Å². The molecule has 1 aromatic rings. The number of anilines is 1. The molecule has 1 aliphatic carbocycles. The highest BCUT2D eigenvalue weighted by atomic mass is 32.2. The van der Waals surface area contributed by atoms with Gasteiger partial charge in [-0.25, -0.2) is 13.6 Å². The third kappa shape index (κ3) is 6.60. The third-order valence-electron chi connectivity index (χ3n) is 5.27. The summed E-state index contributed by atoms with van der Waals surface area (Å²) in [5.74, 6) is -0.298. The number of nitrogens with two attached hydrogens (primary N) is 1. The normalized spacial score (nSPS) is 19.8. The van der Waals surface area contributed by atoms with Gasteiger partial charge in [-0.1, -0.05) is 32.3 Å². The lowest BCUT2D eigenvalue weighted by Gasteiger charge is -2.27. The van der Waals surface area contributed by atoms with Crippen molar-refractivity contribution in [3.8, 4) is 0 Å². The Kier molecular flexibility index (Phi) is 8.00. The number of primary sulfonamides is 1. The summed E-state index contributed by atoms with van der Waals surface area (Å²) in [7, 11) is -3.88. The molecular formula is C20H30N2O5S. The first-order valence-corrected chi connectivity index (χ1v) is 11.3. The summed E-state index contributed by atoms with van der Waals surface area (Å²) in [6, 6.07) is 4.42. The van der Waals surface area contributed by atoms with E-state index in [1.807, 2.05) is 0 Å². The summed E-state index contributed by atoms with van der Waals surface area (Å²) in [4.78, 5) is 24.2. The predicted molar refractivity (Wildman–Crippen MR) is 107 cm³/mol. The molecule has 3 N–H and O–H groups in total. The van der Waals surface area contributed by atoms with Crippen LogP contribution in [0.1, 0.15) is 57.4 Å². The maximum absolute atomic E-state index is 12.2. The lowest BCUT2D eigenvalue weighted by Crippen LogP contribution is -2.27. The van der Waals surface area contributed by atoms with Crippen molar-refractivity contribution >= 4 is 27.6 Å². The van der Waals surface area contributed by atoms with Crippen LogP contribution in [0.25, 0.3) is 0 Å². The van der Waals surface area contributed by atoms with Crippen LogP contribution in [0.15, 0.2) is 23.1 Å². The standard InChI is InChI=1S/C20H30N2O5S/c1-3-4-5-15-7-9-16(10-8-15)20(24)27-13-19(23)22-17-11-6-14(2)18(12-17)28(21,25)26/h6,11-12,15-16H,3-5,7-10,13H2,1-2H3,(H,22,23)(H2,21,25,26). The molecule has 1 fully saturated rings. The lowest BCUT2D eigenvalue weighted by atomic mass is 9.80. The number of unbranched alkanes of at least 4 members (excludes halogenated alkanes) is 1. The molecule has 0 aliphatic heterocycles. The molecule has 7 nitrogen and oxygen atoms in total. The fourth-order valence-corrected chi connectivity index (χ4v) is 4.42. The van der Waals surface area contributed by atoms with E-state index in [-0.39, 0.29) is 22.5 Å². The average Bonchev–Trinajstić information content (AvgIpc) is 2.65. The van der Waals surface area contributed by atoms with Gasteiger partial charge in [-0.3, -0.25) is 9.59 Å². The second-order valence-electron chi connectivity index (χ2n) is 7.54. The maximum atomic E-state index is 12.2. The quantitative estimate of drug-likeness (QED) is 0.639. The van der Waals surface area contributed by atoms with E-state index in [1.165, 1.54) is 25.3 Å². The Morgan fingerprint density at radius 1 is 1.21 bits per heavy atom. The summed E-state index contributed by atoms with van der Waals surface area (Å²) < 4.78 is 28.3. The van der Waals surface area contributed by atoms with Crippen molar-refractivity contribution in [3.05, 3.63) is 23.8 Å². The Hall–Kier alpha value is -1.93. The zero-order valence-electron chi connectivity index (χ0n) is 16.6. The molecule has 0 bridgehead atoms. The Morgan fingerprint density at radius 2 is 1.89 bits per heavy atom. The molecule has 0 spiro atoms. The number of rotatable bonds is 8. The van der Waals surface area contributed by atoms with Gasteiger partial charge in [0.2, 0.25) is 10.0 Å². The Balaban J connectivity index is 1.81. The van der Waals surface area contributed by atoms with Gasteiger partial charge in [0.25, 0.3) is 5.91 Å². The Morgan fingerprint density at radius 3 is 2.50 bits per heavy atom. The topological polar surface area (TPSA) is 116 Å². The van der Waals surface area contributed by atoms with Crippen LogP contribution >= 0.6 is 0 Å². The number of nitrogens with one attached hydrogen (secondary N) is 1. The summed E-state index contributed by atoms with van der Waals surface area (Å²) in [6.45, 7) is 3.40. The second kappa shape index (κ2) is 10.0. The van der Waals surface area contributed by atoms with Crippen LogP contribution in [0.4, 0.5) is 5.69 Å².